The number of hydrogen-bond acceptors (Lipinski definition) is 6. The molecule has 3 aromatic rings. The molecule has 0 radical (unpaired) electrons. The van der Waals surface area contributed by atoms with Gasteiger partial charge in [0.25, 0.3) is 5.91 Å². The summed E-state index contributed by atoms with van der Waals surface area (Å²) in [5.41, 5.74) is 0.248. The maximum Gasteiger partial charge on any atom is 0.349 e. The van der Waals surface area contributed by atoms with Crippen molar-refractivity contribution in [2.45, 2.75) is 18.9 Å². The van der Waals surface area contributed by atoms with E-state index in [1.165, 1.54) is 18.2 Å². The fourth-order valence-electron chi connectivity index (χ4n) is 3.30. The van der Waals surface area contributed by atoms with E-state index in [-0.39, 0.29) is 23.0 Å². The highest BCUT2D eigenvalue weighted by atomic mass is 16.5. The molecule has 7 nitrogen and oxygen atoms in total. The first kappa shape index (κ1) is 20.6. The van der Waals surface area contributed by atoms with E-state index in [1.54, 1.807) is 18.2 Å². The summed E-state index contributed by atoms with van der Waals surface area (Å²) >= 11 is 0. The van der Waals surface area contributed by atoms with Gasteiger partial charge < -0.3 is 19.2 Å². The second kappa shape index (κ2) is 9.40. The van der Waals surface area contributed by atoms with Crippen molar-refractivity contribution in [3.63, 3.8) is 0 Å². The van der Waals surface area contributed by atoms with Crippen molar-refractivity contribution < 1.29 is 23.5 Å². The molecule has 1 saturated heterocycles. The average Bonchev–Trinajstić information content (AvgIpc) is 3.30. The highest BCUT2D eigenvalue weighted by Crippen LogP contribution is 2.21. The molecule has 1 aromatic heterocycles. The van der Waals surface area contributed by atoms with Gasteiger partial charge in [-0.05, 0) is 42.7 Å². The molecule has 158 valence electrons. The highest BCUT2D eigenvalue weighted by Gasteiger charge is 2.19. The molecule has 1 fully saturated rings. The van der Waals surface area contributed by atoms with Gasteiger partial charge in [-0.1, -0.05) is 30.3 Å². The Morgan fingerprint density at radius 3 is 2.74 bits per heavy atom. The smallest absolute Gasteiger partial charge is 0.349 e. The van der Waals surface area contributed by atoms with E-state index in [9.17, 15) is 14.4 Å². The van der Waals surface area contributed by atoms with Crippen LogP contribution in [0.5, 0.6) is 5.75 Å². The van der Waals surface area contributed by atoms with E-state index in [0.717, 1.165) is 18.4 Å². The number of hydrogen-bond donors (Lipinski definition) is 1. The molecular weight excluding hydrogens is 398 g/mol. The fraction of sp³-hybridized carbons (Fsp3) is 0.208. The third-order valence-electron chi connectivity index (χ3n) is 4.90. The standard InChI is InChI=1S/C24H21NO6/c26-22(11-8-16-5-2-1-3-6-16)30-18-10-9-17-13-20(24(28)31-21(17)14-18)23(27)25-15-19-7-4-12-29-19/h1-3,5-6,8-11,13-14,19H,4,7,12,15H2,(H,25,27)/b11-8+. The SMILES string of the molecule is O=C(/C=C/c1ccccc1)Oc1ccc2cc(C(=O)NCC3CCCO3)c(=O)oc2c1. The minimum absolute atomic E-state index is 0.0235. The van der Waals surface area contributed by atoms with Gasteiger partial charge in [0.1, 0.15) is 16.9 Å². The van der Waals surface area contributed by atoms with E-state index in [4.69, 9.17) is 13.9 Å². The van der Waals surface area contributed by atoms with Gasteiger partial charge in [0.05, 0.1) is 6.10 Å². The molecule has 7 heteroatoms. The van der Waals surface area contributed by atoms with Crippen LogP contribution in [0.4, 0.5) is 0 Å². The Kier molecular flexibility index (Phi) is 6.24. The van der Waals surface area contributed by atoms with Crippen molar-refractivity contribution in [1.29, 1.82) is 0 Å². The van der Waals surface area contributed by atoms with Crippen LogP contribution in [0.15, 0.2) is 69.9 Å². The minimum atomic E-state index is -0.759. The number of amides is 1. The van der Waals surface area contributed by atoms with E-state index in [2.05, 4.69) is 5.32 Å². The van der Waals surface area contributed by atoms with Gasteiger partial charge in [-0.15, -0.1) is 0 Å². The third-order valence-corrected chi connectivity index (χ3v) is 4.90. The zero-order valence-corrected chi connectivity index (χ0v) is 16.7. The van der Waals surface area contributed by atoms with Crippen LogP contribution in [-0.4, -0.2) is 31.1 Å². The van der Waals surface area contributed by atoms with Crippen molar-refractivity contribution in [3.8, 4) is 5.75 Å². The van der Waals surface area contributed by atoms with Crippen molar-refractivity contribution in [3.05, 3.63) is 82.2 Å². The van der Waals surface area contributed by atoms with Gasteiger partial charge in [-0.25, -0.2) is 9.59 Å². The molecule has 1 atom stereocenters. The van der Waals surface area contributed by atoms with Crippen LogP contribution in [-0.2, 0) is 9.53 Å². The molecule has 1 amide bonds. The van der Waals surface area contributed by atoms with E-state index in [0.29, 0.717) is 18.5 Å². The van der Waals surface area contributed by atoms with Crippen molar-refractivity contribution in [1.82, 2.24) is 5.32 Å². The highest BCUT2D eigenvalue weighted by molar-refractivity contribution is 5.97. The molecule has 1 unspecified atom stereocenters. The van der Waals surface area contributed by atoms with Gasteiger partial charge in [-0.3, -0.25) is 4.79 Å². The maximum atomic E-state index is 12.4. The average molecular weight is 419 g/mol. The maximum absolute atomic E-state index is 12.4. The second-order valence-corrected chi connectivity index (χ2v) is 7.16. The Hall–Kier alpha value is -3.71. The lowest BCUT2D eigenvalue weighted by Crippen LogP contribution is -2.34. The van der Waals surface area contributed by atoms with Crippen molar-refractivity contribution >= 4 is 28.9 Å². The van der Waals surface area contributed by atoms with Gasteiger partial charge in [0, 0.05) is 30.7 Å². The number of carbonyl (C=O) groups is 2. The molecule has 2 heterocycles. The molecule has 0 aliphatic carbocycles. The zero-order chi connectivity index (χ0) is 21.6. The van der Waals surface area contributed by atoms with Gasteiger partial charge >= 0.3 is 11.6 Å². The largest absolute Gasteiger partial charge is 0.423 e. The van der Waals surface area contributed by atoms with Crippen molar-refractivity contribution in [2.75, 3.05) is 13.2 Å². The van der Waals surface area contributed by atoms with Crippen LogP contribution in [0.3, 0.4) is 0 Å². The summed E-state index contributed by atoms with van der Waals surface area (Å²) in [6.45, 7) is 1.04. The number of rotatable bonds is 6. The molecule has 4 rings (SSSR count). The first-order valence-electron chi connectivity index (χ1n) is 10.0. The molecule has 1 aliphatic rings. The topological polar surface area (TPSA) is 94.8 Å². The van der Waals surface area contributed by atoms with Gasteiger partial charge in [0.15, 0.2) is 0 Å². The second-order valence-electron chi connectivity index (χ2n) is 7.16. The summed E-state index contributed by atoms with van der Waals surface area (Å²) in [7, 11) is 0. The number of nitrogens with one attached hydrogen (secondary N) is 1. The lowest BCUT2D eigenvalue weighted by Gasteiger charge is -2.10. The zero-order valence-electron chi connectivity index (χ0n) is 16.7. The molecule has 1 N–H and O–H groups in total. The summed E-state index contributed by atoms with van der Waals surface area (Å²) in [5, 5.41) is 3.25. The normalized spacial score (nSPS) is 15.9. The van der Waals surface area contributed by atoms with Crippen LogP contribution < -0.4 is 15.7 Å². The lowest BCUT2D eigenvalue weighted by molar-refractivity contribution is -0.128. The Balaban J connectivity index is 1.45. The third kappa shape index (κ3) is 5.26. The van der Waals surface area contributed by atoms with E-state index < -0.39 is 17.5 Å². The summed E-state index contributed by atoms with van der Waals surface area (Å²) in [6.07, 6.45) is 4.79. The van der Waals surface area contributed by atoms with Crippen LogP contribution in [0.1, 0.15) is 28.8 Å². The summed E-state index contributed by atoms with van der Waals surface area (Å²) in [4.78, 5) is 36.7. The van der Waals surface area contributed by atoms with Crippen molar-refractivity contribution in [2.24, 2.45) is 0 Å². The van der Waals surface area contributed by atoms with Crippen LogP contribution in [0.25, 0.3) is 17.0 Å². The fourth-order valence-corrected chi connectivity index (χ4v) is 3.30. The summed E-state index contributed by atoms with van der Waals surface area (Å²) in [6, 6.07) is 15.5. The van der Waals surface area contributed by atoms with E-state index in [1.807, 2.05) is 30.3 Å². The van der Waals surface area contributed by atoms with Gasteiger partial charge in [0.2, 0.25) is 0 Å². The Labute approximate surface area is 178 Å². The van der Waals surface area contributed by atoms with E-state index >= 15 is 0 Å². The Morgan fingerprint density at radius 1 is 1.13 bits per heavy atom. The number of fused-ring (bicyclic) bond motifs is 1. The number of ether oxygens (including phenoxy) is 2. The molecule has 31 heavy (non-hydrogen) atoms. The monoisotopic (exact) mass is 419 g/mol. The number of carbonyl (C=O) groups excluding carboxylic acids is 2. The molecule has 1 aliphatic heterocycles. The predicted molar refractivity (Wildman–Crippen MR) is 115 cm³/mol. The Morgan fingerprint density at radius 2 is 1.97 bits per heavy atom. The molecular formula is C24H21NO6. The summed E-state index contributed by atoms with van der Waals surface area (Å²) < 4.78 is 16.0. The first-order chi connectivity index (χ1) is 15.1. The quantitative estimate of drug-likeness (QED) is 0.285. The molecule has 0 spiro atoms. The Bertz CT molecular complexity index is 1180. The predicted octanol–water partition coefficient (Wildman–Crippen LogP) is 3.32. The molecule has 0 saturated carbocycles. The minimum Gasteiger partial charge on any atom is -0.423 e. The lowest BCUT2D eigenvalue weighted by atomic mass is 10.1. The number of esters is 1. The van der Waals surface area contributed by atoms with Crippen LogP contribution >= 0.6 is 0 Å². The number of benzene rings is 2. The molecule has 2 aromatic carbocycles. The van der Waals surface area contributed by atoms with Crippen LogP contribution in [0, 0.1) is 0 Å². The molecule has 0 bridgehead atoms. The summed E-state index contributed by atoms with van der Waals surface area (Å²) in [5.74, 6) is -0.836. The van der Waals surface area contributed by atoms with Crippen LogP contribution in [0.2, 0.25) is 0 Å². The first-order valence-corrected chi connectivity index (χ1v) is 10.0. The van der Waals surface area contributed by atoms with Gasteiger partial charge in [-0.2, -0.15) is 0 Å².